The summed E-state index contributed by atoms with van der Waals surface area (Å²) in [6.45, 7) is 0. The molecule has 1 atom stereocenters. The van der Waals surface area contributed by atoms with Gasteiger partial charge in [0.2, 0.25) is 5.91 Å². The third-order valence-electron chi connectivity index (χ3n) is 2.37. The smallest absolute Gasteiger partial charge is 0.327 e. The number of rotatable bonds is 7. The minimum atomic E-state index is -1.19. The number of carboxylic acids is 1. The van der Waals surface area contributed by atoms with Gasteiger partial charge < -0.3 is 10.4 Å². The molecule has 8 heteroatoms. The lowest BCUT2D eigenvalue weighted by molar-refractivity contribution is -0.384. The van der Waals surface area contributed by atoms with Crippen LogP contribution >= 0.6 is 11.8 Å². The highest BCUT2D eigenvalue weighted by Gasteiger charge is 2.18. The van der Waals surface area contributed by atoms with E-state index < -0.39 is 22.8 Å². The molecule has 110 valence electrons. The van der Waals surface area contributed by atoms with Gasteiger partial charge in [0, 0.05) is 23.4 Å². The Morgan fingerprint density at radius 1 is 1.43 bits per heavy atom. The highest BCUT2D eigenvalue weighted by molar-refractivity contribution is 8.00. The SMILES string of the molecule is C#CCC(NC(=O)CSc1ccc([N+](=O)[O-])cc1)C(=O)O. The van der Waals surface area contributed by atoms with Crippen LogP contribution in [0.4, 0.5) is 5.69 Å². The van der Waals surface area contributed by atoms with Gasteiger partial charge in [-0.1, -0.05) is 0 Å². The second-order valence-corrected chi connectivity index (χ2v) is 4.96. The first-order valence-corrected chi connectivity index (χ1v) is 6.75. The number of nitrogens with zero attached hydrogens (tertiary/aromatic N) is 1. The van der Waals surface area contributed by atoms with Crippen LogP contribution in [0.15, 0.2) is 29.2 Å². The molecule has 0 aromatic heterocycles. The molecular weight excluding hydrogens is 296 g/mol. The Bertz CT molecular complexity index is 579. The summed E-state index contributed by atoms with van der Waals surface area (Å²) in [5.74, 6) is 0.507. The molecule has 0 saturated carbocycles. The van der Waals surface area contributed by atoms with Crippen molar-refractivity contribution in [3.05, 3.63) is 34.4 Å². The molecule has 1 aromatic rings. The number of hydrogen-bond donors (Lipinski definition) is 2. The lowest BCUT2D eigenvalue weighted by Crippen LogP contribution is -2.41. The van der Waals surface area contributed by atoms with Gasteiger partial charge in [-0.05, 0) is 12.1 Å². The first kappa shape index (κ1) is 16.5. The Labute approximate surface area is 124 Å². The normalized spacial score (nSPS) is 11.2. The second-order valence-electron chi connectivity index (χ2n) is 3.91. The molecule has 1 unspecified atom stereocenters. The summed E-state index contributed by atoms with van der Waals surface area (Å²) >= 11 is 1.14. The number of carbonyl (C=O) groups excluding carboxylic acids is 1. The molecule has 0 aliphatic carbocycles. The van der Waals surface area contributed by atoms with Crippen molar-refractivity contribution in [3.8, 4) is 12.3 Å². The van der Waals surface area contributed by atoms with Gasteiger partial charge in [-0.15, -0.1) is 24.1 Å². The van der Waals surface area contributed by atoms with Gasteiger partial charge in [0.1, 0.15) is 6.04 Å². The fraction of sp³-hybridized carbons (Fsp3) is 0.231. The highest BCUT2D eigenvalue weighted by Crippen LogP contribution is 2.21. The Balaban J connectivity index is 2.51. The van der Waals surface area contributed by atoms with Gasteiger partial charge in [0.25, 0.3) is 5.69 Å². The molecule has 21 heavy (non-hydrogen) atoms. The Hall–Kier alpha value is -2.53. The van der Waals surface area contributed by atoms with E-state index in [4.69, 9.17) is 11.5 Å². The van der Waals surface area contributed by atoms with E-state index in [1.165, 1.54) is 24.3 Å². The molecule has 0 fully saturated rings. The van der Waals surface area contributed by atoms with Gasteiger partial charge in [-0.2, -0.15) is 0 Å². The number of terminal acetylenes is 1. The summed E-state index contributed by atoms with van der Waals surface area (Å²) in [7, 11) is 0. The first-order chi connectivity index (χ1) is 9.93. The summed E-state index contributed by atoms with van der Waals surface area (Å²) in [6.07, 6.45) is 4.93. The van der Waals surface area contributed by atoms with Crippen LogP contribution in [-0.4, -0.2) is 33.7 Å². The number of nitro groups is 1. The summed E-state index contributed by atoms with van der Waals surface area (Å²) in [4.78, 5) is 33.1. The predicted molar refractivity (Wildman–Crippen MR) is 76.8 cm³/mol. The van der Waals surface area contributed by atoms with Crippen molar-refractivity contribution >= 4 is 29.3 Å². The van der Waals surface area contributed by atoms with E-state index in [-0.39, 0.29) is 17.9 Å². The number of amides is 1. The molecule has 0 heterocycles. The third kappa shape index (κ3) is 5.54. The van der Waals surface area contributed by atoms with Crippen LogP contribution in [0.2, 0.25) is 0 Å². The van der Waals surface area contributed by atoms with Gasteiger partial charge in [-0.25, -0.2) is 4.79 Å². The maximum atomic E-state index is 11.6. The fourth-order valence-electron chi connectivity index (χ4n) is 1.37. The van der Waals surface area contributed by atoms with Crippen molar-refractivity contribution in [2.45, 2.75) is 17.4 Å². The van der Waals surface area contributed by atoms with Crippen molar-refractivity contribution in [2.75, 3.05) is 5.75 Å². The number of carboxylic acid groups (broad SMARTS) is 1. The standard InChI is InChI=1S/C13H12N2O5S/c1-2-3-11(13(17)18)14-12(16)8-21-10-6-4-9(5-7-10)15(19)20/h1,4-7,11H,3,8H2,(H,14,16)(H,17,18). The van der Waals surface area contributed by atoms with Crippen molar-refractivity contribution in [2.24, 2.45) is 0 Å². The maximum Gasteiger partial charge on any atom is 0.327 e. The predicted octanol–water partition coefficient (Wildman–Crippen LogP) is 1.28. The summed E-state index contributed by atoms with van der Waals surface area (Å²) in [5.41, 5.74) is -0.0382. The van der Waals surface area contributed by atoms with Crippen molar-refractivity contribution in [3.63, 3.8) is 0 Å². The molecule has 1 rings (SSSR count). The molecule has 0 saturated heterocycles. The molecule has 2 N–H and O–H groups in total. The number of thioether (sulfide) groups is 1. The van der Waals surface area contributed by atoms with Gasteiger partial charge in [0.15, 0.2) is 0 Å². The topological polar surface area (TPSA) is 110 Å². The van der Waals surface area contributed by atoms with Crippen LogP contribution < -0.4 is 5.32 Å². The summed E-state index contributed by atoms with van der Waals surface area (Å²) in [6, 6.07) is 4.59. The maximum absolute atomic E-state index is 11.6. The van der Waals surface area contributed by atoms with Crippen molar-refractivity contribution in [1.82, 2.24) is 5.32 Å². The van der Waals surface area contributed by atoms with E-state index in [1.807, 2.05) is 0 Å². The van der Waals surface area contributed by atoms with Crippen LogP contribution in [0.1, 0.15) is 6.42 Å². The number of carbonyl (C=O) groups is 2. The minimum Gasteiger partial charge on any atom is -0.480 e. The van der Waals surface area contributed by atoms with Crippen LogP contribution in [0, 0.1) is 22.5 Å². The van der Waals surface area contributed by atoms with E-state index in [1.54, 1.807) is 0 Å². The van der Waals surface area contributed by atoms with E-state index in [0.29, 0.717) is 4.90 Å². The van der Waals surface area contributed by atoms with Gasteiger partial charge in [0.05, 0.1) is 10.7 Å². The Morgan fingerprint density at radius 3 is 2.52 bits per heavy atom. The quantitative estimate of drug-likeness (QED) is 0.340. The number of non-ortho nitro benzene ring substituents is 1. The zero-order chi connectivity index (χ0) is 15.8. The zero-order valence-corrected chi connectivity index (χ0v) is 11.6. The molecular formula is C13H12N2O5S. The minimum absolute atomic E-state index is 0.00778. The average molecular weight is 308 g/mol. The van der Waals surface area contributed by atoms with Crippen LogP contribution in [0.25, 0.3) is 0 Å². The molecule has 0 aliphatic rings. The van der Waals surface area contributed by atoms with E-state index in [2.05, 4.69) is 11.2 Å². The van der Waals surface area contributed by atoms with Crippen molar-refractivity contribution in [1.29, 1.82) is 0 Å². The zero-order valence-electron chi connectivity index (χ0n) is 10.8. The monoisotopic (exact) mass is 308 g/mol. The highest BCUT2D eigenvalue weighted by atomic mass is 32.2. The molecule has 1 aromatic carbocycles. The molecule has 0 spiro atoms. The molecule has 0 aliphatic heterocycles. The first-order valence-electron chi connectivity index (χ1n) is 5.77. The summed E-state index contributed by atoms with van der Waals surface area (Å²) < 4.78 is 0. The summed E-state index contributed by atoms with van der Waals surface area (Å²) in [5, 5.41) is 21.6. The van der Waals surface area contributed by atoms with Crippen LogP contribution in [-0.2, 0) is 9.59 Å². The molecule has 1 amide bonds. The number of aliphatic carboxylic acids is 1. The molecule has 0 radical (unpaired) electrons. The Kier molecular flexibility index (Phi) is 6.23. The number of hydrogen-bond acceptors (Lipinski definition) is 5. The lowest BCUT2D eigenvalue weighted by Gasteiger charge is -2.11. The van der Waals surface area contributed by atoms with Gasteiger partial charge in [-0.3, -0.25) is 14.9 Å². The average Bonchev–Trinajstić information content (AvgIpc) is 2.45. The third-order valence-corrected chi connectivity index (χ3v) is 3.38. The van der Waals surface area contributed by atoms with Crippen LogP contribution in [0.3, 0.4) is 0 Å². The second kappa shape index (κ2) is 7.91. The Morgan fingerprint density at radius 2 is 2.05 bits per heavy atom. The number of benzene rings is 1. The van der Waals surface area contributed by atoms with Crippen LogP contribution in [0.5, 0.6) is 0 Å². The van der Waals surface area contributed by atoms with E-state index in [9.17, 15) is 19.7 Å². The molecule has 7 nitrogen and oxygen atoms in total. The lowest BCUT2D eigenvalue weighted by atomic mass is 10.2. The van der Waals surface area contributed by atoms with Gasteiger partial charge >= 0.3 is 5.97 Å². The number of nitrogens with one attached hydrogen (secondary N) is 1. The fourth-order valence-corrected chi connectivity index (χ4v) is 2.08. The number of nitro benzene ring substituents is 1. The molecule has 0 bridgehead atoms. The van der Waals surface area contributed by atoms with Crippen molar-refractivity contribution < 1.29 is 19.6 Å². The van der Waals surface area contributed by atoms with E-state index in [0.717, 1.165) is 11.8 Å². The largest absolute Gasteiger partial charge is 0.480 e. The van der Waals surface area contributed by atoms with E-state index >= 15 is 0 Å².